The Morgan fingerprint density at radius 3 is 2.59 bits per heavy atom. The number of anilines is 2. The van der Waals surface area contributed by atoms with Crippen molar-refractivity contribution in [2.45, 2.75) is 44.7 Å². The molecule has 9 heteroatoms. The number of hydrogen-bond donors (Lipinski definition) is 2. The SMILES string of the molecule is Cc1cnc(N[C@H]2CC[C@@H](NC(=O)c3cccnc3Oc3cccc(Br)c3)CC2)nc1N(C)C. The minimum absolute atomic E-state index is 0.0979. The largest absolute Gasteiger partial charge is 0.438 e. The van der Waals surface area contributed by atoms with Crippen molar-refractivity contribution in [2.75, 3.05) is 24.3 Å². The molecule has 0 bridgehead atoms. The summed E-state index contributed by atoms with van der Waals surface area (Å²) in [6.45, 7) is 2.00. The molecular formula is C25H29BrN6O2. The number of amides is 1. The number of aromatic nitrogens is 3. The molecule has 0 radical (unpaired) electrons. The fourth-order valence-electron chi connectivity index (χ4n) is 4.07. The number of nitrogens with one attached hydrogen (secondary N) is 2. The van der Waals surface area contributed by atoms with Gasteiger partial charge in [0.1, 0.15) is 17.1 Å². The Hall–Kier alpha value is -3.20. The Morgan fingerprint density at radius 1 is 1.09 bits per heavy atom. The number of rotatable bonds is 7. The quantitative estimate of drug-likeness (QED) is 0.451. The maximum Gasteiger partial charge on any atom is 0.257 e. The van der Waals surface area contributed by atoms with Crippen LogP contribution in [-0.4, -0.2) is 47.0 Å². The molecule has 1 amide bonds. The summed E-state index contributed by atoms with van der Waals surface area (Å²) in [6.07, 6.45) is 7.06. The van der Waals surface area contributed by atoms with Gasteiger partial charge in [0.25, 0.3) is 5.91 Å². The van der Waals surface area contributed by atoms with Crippen LogP contribution in [0.15, 0.2) is 53.3 Å². The van der Waals surface area contributed by atoms with Crippen LogP contribution in [0, 0.1) is 6.92 Å². The summed E-state index contributed by atoms with van der Waals surface area (Å²) < 4.78 is 6.78. The normalized spacial score (nSPS) is 17.6. The number of carbonyl (C=O) groups excluding carboxylic acids is 1. The number of hydrogen-bond acceptors (Lipinski definition) is 7. The van der Waals surface area contributed by atoms with Gasteiger partial charge in [0.05, 0.1) is 0 Å². The number of ether oxygens (including phenoxy) is 1. The first-order valence-electron chi connectivity index (χ1n) is 11.4. The second-order valence-corrected chi connectivity index (χ2v) is 9.59. The van der Waals surface area contributed by atoms with Crippen molar-refractivity contribution >= 4 is 33.6 Å². The van der Waals surface area contributed by atoms with Crippen LogP contribution >= 0.6 is 15.9 Å². The third-order valence-electron chi connectivity index (χ3n) is 5.79. The third kappa shape index (κ3) is 6.02. The first kappa shape index (κ1) is 23.9. The number of benzene rings is 1. The summed E-state index contributed by atoms with van der Waals surface area (Å²) >= 11 is 3.43. The number of aryl methyl sites for hydroxylation is 1. The Balaban J connectivity index is 1.33. The van der Waals surface area contributed by atoms with Crippen molar-refractivity contribution in [3.8, 4) is 11.6 Å². The van der Waals surface area contributed by atoms with E-state index in [9.17, 15) is 4.79 Å². The van der Waals surface area contributed by atoms with Gasteiger partial charge in [-0.05, 0) is 62.9 Å². The molecule has 34 heavy (non-hydrogen) atoms. The van der Waals surface area contributed by atoms with E-state index >= 15 is 0 Å². The summed E-state index contributed by atoms with van der Waals surface area (Å²) in [4.78, 5) is 28.3. The van der Waals surface area contributed by atoms with E-state index in [4.69, 9.17) is 4.74 Å². The lowest BCUT2D eigenvalue weighted by atomic mass is 9.91. The molecule has 0 spiro atoms. The second-order valence-electron chi connectivity index (χ2n) is 8.68. The van der Waals surface area contributed by atoms with Crippen molar-refractivity contribution in [1.29, 1.82) is 0 Å². The highest BCUT2D eigenvalue weighted by molar-refractivity contribution is 9.10. The van der Waals surface area contributed by atoms with Crippen molar-refractivity contribution in [1.82, 2.24) is 20.3 Å². The molecule has 178 valence electrons. The van der Waals surface area contributed by atoms with Crippen molar-refractivity contribution in [3.63, 3.8) is 0 Å². The predicted molar refractivity (Wildman–Crippen MR) is 137 cm³/mol. The lowest BCUT2D eigenvalue weighted by Gasteiger charge is -2.30. The zero-order valence-electron chi connectivity index (χ0n) is 19.6. The molecule has 1 aliphatic carbocycles. The first-order chi connectivity index (χ1) is 16.4. The Bertz CT molecular complexity index is 1150. The zero-order chi connectivity index (χ0) is 24.1. The fraction of sp³-hybridized carbons (Fsp3) is 0.360. The molecular weight excluding hydrogens is 496 g/mol. The van der Waals surface area contributed by atoms with E-state index in [1.165, 1.54) is 0 Å². The molecule has 3 aromatic rings. The van der Waals surface area contributed by atoms with Gasteiger partial charge in [-0.25, -0.2) is 9.97 Å². The van der Waals surface area contributed by atoms with E-state index in [2.05, 4.69) is 41.5 Å². The standard InChI is InChI=1S/C25H29BrN6O2/c1-16-15-28-25(31-22(16)32(2)3)30-19-11-9-18(10-12-19)29-23(33)21-8-5-13-27-24(21)34-20-7-4-6-17(26)14-20/h4-8,13-15,18-19H,9-12H2,1-3H3,(H,29,33)(H,28,30,31)/t18-,19+. The second kappa shape index (κ2) is 10.8. The topological polar surface area (TPSA) is 92.3 Å². The van der Waals surface area contributed by atoms with Gasteiger partial charge in [-0.1, -0.05) is 22.0 Å². The molecule has 1 fully saturated rings. The van der Waals surface area contributed by atoms with E-state index < -0.39 is 0 Å². The average Bonchev–Trinajstić information content (AvgIpc) is 2.82. The van der Waals surface area contributed by atoms with Gasteiger partial charge >= 0.3 is 0 Å². The summed E-state index contributed by atoms with van der Waals surface area (Å²) in [5, 5.41) is 6.61. The molecule has 2 aromatic heterocycles. The van der Waals surface area contributed by atoms with Crippen LogP contribution in [0.25, 0.3) is 0 Å². The van der Waals surface area contributed by atoms with Crippen LogP contribution in [0.1, 0.15) is 41.6 Å². The average molecular weight is 525 g/mol. The van der Waals surface area contributed by atoms with Gasteiger partial charge in [0.2, 0.25) is 11.8 Å². The Kier molecular flexibility index (Phi) is 7.62. The summed E-state index contributed by atoms with van der Waals surface area (Å²) in [6, 6.07) is 11.3. The van der Waals surface area contributed by atoms with Crippen molar-refractivity contribution in [3.05, 3.63) is 64.4 Å². The Morgan fingerprint density at radius 2 is 1.85 bits per heavy atom. The molecule has 0 unspecified atom stereocenters. The van der Waals surface area contributed by atoms with Gasteiger partial charge in [-0.3, -0.25) is 4.79 Å². The lowest BCUT2D eigenvalue weighted by molar-refractivity contribution is 0.0923. The molecule has 2 N–H and O–H groups in total. The van der Waals surface area contributed by atoms with Crippen LogP contribution in [0.2, 0.25) is 0 Å². The first-order valence-corrected chi connectivity index (χ1v) is 12.1. The zero-order valence-corrected chi connectivity index (χ0v) is 21.2. The molecule has 1 aromatic carbocycles. The highest BCUT2D eigenvalue weighted by Crippen LogP contribution is 2.27. The fourth-order valence-corrected chi connectivity index (χ4v) is 4.45. The minimum Gasteiger partial charge on any atom is -0.438 e. The lowest BCUT2D eigenvalue weighted by Crippen LogP contribution is -2.40. The summed E-state index contributed by atoms with van der Waals surface area (Å²) in [5.41, 5.74) is 1.47. The molecule has 1 aliphatic rings. The van der Waals surface area contributed by atoms with Crippen LogP contribution < -0.4 is 20.3 Å². The van der Waals surface area contributed by atoms with Gasteiger partial charge in [-0.2, -0.15) is 4.98 Å². The summed E-state index contributed by atoms with van der Waals surface area (Å²) in [5.74, 6) is 2.29. The number of nitrogens with zero attached hydrogens (tertiary/aromatic N) is 4. The molecule has 0 aliphatic heterocycles. The van der Waals surface area contributed by atoms with Gasteiger partial charge in [0, 0.05) is 48.6 Å². The molecule has 8 nitrogen and oxygen atoms in total. The molecule has 0 saturated heterocycles. The highest BCUT2D eigenvalue weighted by Gasteiger charge is 2.25. The van der Waals surface area contributed by atoms with E-state index in [0.717, 1.165) is 41.5 Å². The molecule has 2 heterocycles. The van der Waals surface area contributed by atoms with Crippen LogP contribution in [0.4, 0.5) is 11.8 Å². The van der Waals surface area contributed by atoms with Crippen LogP contribution in [0.5, 0.6) is 11.6 Å². The number of pyridine rings is 1. The predicted octanol–water partition coefficient (Wildman–Crippen LogP) is 4.95. The van der Waals surface area contributed by atoms with Crippen molar-refractivity contribution in [2.24, 2.45) is 0 Å². The van der Waals surface area contributed by atoms with Gasteiger partial charge in [-0.15, -0.1) is 0 Å². The maximum absolute atomic E-state index is 13.0. The van der Waals surface area contributed by atoms with Gasteiger partial charge in [0.15, 0.2) is 0 Å². The monoisotopic (exact) mass is 524 g/mol. The minimum atomic E-state index is -0.174. The third-order valence-corrected chi connectivity index (χ3v) is 6.28. The molecule has 0 atom stereocenters. The van der Waals surface area contributed by atoms with E-state index in [1.54, 1.807) is 18.3 Å². The van der Waals surface area contributed by atoms with Crippen LogP contribution in [-0.2, 0) is 0 Å². The number of halogens is 1. The highest BCUT2D eigenvalue weighted by atomic mass is 79.9. The molecule has 4 rings (SSSR count). The van der Waals surface area contributed by atoms with E-state index in [1.807, 2.05) is 56.4 Å². The van der Waals surface area contributed by atoms with E-state index in [0.29, 0.717) is 23.1 Å². The number of carbonyl (C=O) groups is 1. The summed E-state index contributed by atoms with van der Waals surface area (Å²) in [7, 11) is 3.95. The smallest absolute Gasteiger partial charge is 0.257 e. The van der Waals surface area contributed by atoms with Crippen molar-refractivity contribution < 1.29 is 9.53 Å². The van der Waals surface area contributed by atoms with E-state index in [-0.39, 0.29) is 18.0 Å². The Labute approximate surface area is 208 Å². The van der Waals surface area contributed by atoms with Gasteiger partial charge < -0.3 is 20.3 Å². The molecule has 1 saturated carbocycles. The maximum atomic E-state index is 13.0. The van der Waals surface area contributed by atoms with Crippen LogP contribution in [0.3, 0.4) is 0 Å².